The van der Waals surface area contributed by atoms with E-state index in [1.54, 1.807) is 0 Å². The van der Waals surface area contributed by atoms with Crippen molar-refractivity contribution in [3.05, 3.63) is 0 Å². The van der Waals surface area contributed by atoms with Crippen LogP contribution in [0.5, 0.6) is 0 Å². The van der Waals surface area contributed by atoms with Gasteiger partial charge in [0.05, 0.1) is 0 Å². The van der Waals surface area contributed by atoms with Gasteiger partial charge in [-0.1, -0.05) is 0 Å². The zero-order valence-electron chi connectivity index (χ0n) is 15.5. The van der Waals surface area contributed by atoms with Crippen molar-refractivity contribution in [3.8, 4) is 0 Å². The molecule has 0 saturated heterocycles. The lowest BCUT2D eigenvalue weighted by Crippen LogP contribution is -2.48. The summed E-state index contributed by atoms with van der Waals surface area (Å²) in [6.45, 7) is 5.96. The molecule has 0 aromatic heterocycles. The van der Waals surface area contributed by atoms with E-state index in [1.807, 2.05) is 20.8 Å². The molecule has 4 saturated carbocycles. The molecule has 0 radical (unpaired) electrons. The molecule has 4 aliphatic carbocycles. The molecule has 152 valence electrons. The van der Waals surface area contributed by atoms with Crippen molar-refractivity contribution in [2.75, 3.05) is 6.61 Å². The van der Waals surface area contributed by atoms with Gasteiger partial charge in [0.1, 0.15) is 6.61 Å². The highest BCUT2D eigenvalue weighted by molar-refractivity contribution is 7.87. The summed E-state index contributed by atoms with van der Waals surface area (Å²) in [5, 5.41) is 0. The van der Waals surface area contributed by atoms with Crippen molar-refractivity contribution < 1.29 is 30.9 Å². The summed E-state index contributed by atoms with van der Waals surface area (Å²) < 4.78 is 54.4. The topological polar surface area (TPSA) is 95.7 Å². The second kappa shape index (κ2) is 7.58. The molecule has 4 aliphatic rings. The number of ether oxygens (including phenoxy) is 1. The van der Waals surface area contributed by atoms with E-state index in [9.17, 15) is 22.0 Å². The molecule has 0 aromatic carbocycles. The summed E-state index contributed by atoms with van der Waals surface area (Å²) in [4.78, 5) is 11.3. The van der Waals surface area contributed by atoms with Crippen LogP contribution >= 0.6 is 0 Å². The molecule has 26 heavy (non-hydrogen) atoms. The predicted molar refractivity (Wildman–Crippen MR) is 91.9 cm³/mol. The Bertz CT molecular complexity index is 574. The van der Waals surface area contributed by atoms with Gasteiger partial charge in [-0.3, -0.25) is 0 Å². The Kier molecular flexibility index (Phi) is 6.22. The molecule has 0 spiro atoms. The monoisotopic (exact) mass is 397 g/mol. The standard InChI is InChI=1S/C13H18F2O5S.C4H11N/c14-11(15)21(17,18)20-12(16)19-7-13-4-8-1-9(5-13)3-10(2-8)6-13;1-4(2,3)5/h8-11H,1-7H2;5H2,1-3H3. The van der Waals surface area contributed by atoms with Crippen molar-refractivity contribution in [2.24, 2.45) is 28.9 Å². The molecular formula is C17H29F2NO5S. The number of rotatable bonds is 4. The third-order valence-electron chi connectivity index (χ3n) is 5.06. The Labute approximate surface area is 153 Å². The number of hydrogen-bond donors (Lipinski definition) is 1. The van der Waals surface area contributed by atoms with Gasteiger partial charge in [-0.25, -0.2) is 4.79 Å². The van der Waals surface area contributed by atoms with Gasteiger partial charge in [0, 0.05) is 11.0 Å². The minimum atomic E-state index is -5.18. The van der Waals surface area contributed by atoms with E-state index >= 15 is 0 Å². The molecule has 0 heterocycles. The van der Waals surface area contributed by atoms with Crippen LogP contribution in [0.1, 0.15) is 59.3 Å². The van der Waals surface area contributed by atoms with Crippen molar-refractivity contribution in [1.82, 2.24) is 0 Å². The fourth-order valence-electron chi connectivity index (χ4n) is 4.83. The SMILES string of the molecule is CC(C)(C)N.O=C(OCC12CC3CC(CC(C3)C1)C2)OS(=O)(=O)C(F)F. The molecular weight excluding hydrogens is 368 g/mol. The second-order valence-electron chi connectivity index (χ2n) is 9.16. The number of hydrogen-bond acceptors (Lipinski definition) is 6. The van der Waals surface area contributed by atoms with Crippen LogP contribution in [0.4, 0.5) is 13.6 Å². The quantitative estimate of drug-likeness (QED) is 0.575. The molecule has 0 amide bonds. The number of carbonyl (C=O) groups excluding carboxylic acids is 1. The van der Waals surface area contributed by atoms with E-state index in [0.29, 0.717) is 17.8 Å². The molecule has 4 fully saturated rings. The Morgan fingerprint density at radius 3 is 1.85 bits per heavy atom. The molecule has 0 aliphatic heterocycles. The third-order valence-corrected chi connectivity index (χ3v) is 5.87. The smallest absolute Gasteiger partial charge is 0.433 e. The Morgan fingerprint density at radius 2 is 1.50 bits per heavy atom. The van der Waals surface area contributed by atoms with Crippen LogP contribution in [0, 0.1) is 23.2 Å². The van der Waals surface area contributed by atoms with Gasteiger partial charge in [0.15, 0.2) is 0 Å². The maximum atomic E-state index is 12.1. The molecule has 9 heteroatoms. The first-order valence-electron chi connectivity index (χ1n) is 8.95. The first-order chi connectivity index (χ1) is 11.8. The van der Waals surface area contributed by atoms with Gasteiger partial charge in [-0.05, 0) is 77.0 Å². The van der Waals surface area contributed by atoms with Crippen LogP contribution in [-0.2, 0) is 19.0 Å². The lowest BCUT2D eigenvalue weighted by atomic mass is 9.50. The van der Waals surface area contributed by atoms with Crippen LogP contribution in [0.2, 0.25) is 0 Å². The fraction of sp³-hybridized carbons (Fsp3) is 0.941. The lowest BCUT2D eigenvalue weighted by molar-refractivity contribution is -0.0860. The van der Waals surface area contributed by atoms with Crippen LogP contribution in [0.15, 0.2) is 0 Å². The van der Waals surface area contributed by atoms with Gasteiger partial charge in [-0.15, -0.1) is 0 Å². The Hall–Kier alpha value is -0.960. The maximum Gasteiger partial charge on any atom is 0.524 e. The van der Waals surface area contributed by atoms with E-state index in [2.05, 4.69) is 4.18 Å². The highest BCUT2D eigenvalue weighted by atomic mass is 32.2. The van der Waals surface area contributed by atoms with Crippen LogP contribution < -0.4 is 5.73 Å². The van der Waals surface area contributed by atoms with Gasteiger partial charge in [0.25, 0.3) is 0 Å². The zero-order chi connectivity index (χ0) is 19.8. The summed E-state index contributed by atoms with van der Waals surface area (Å²) in [7, 11) is -5.18. The van der Waals surface area contributed by atoms with Gasteiger partial charge in [0.2, 0.25) is 0 Å². The largest absolute Gasteiger partial charge is 0.524 e. The second-order valence-corrected chi connectivity index (χ2v) is 10.7. The van der Waals surface area contributed by atoms with Gasteiger partial charge in [-0.2, -0.15) is 17.2 Å². The molecule has 6 nitrogen and oxygen atoms in total. The van der Waals surface area contributed by atoms with E-state index < -0.39 is 22.0 Å². The van der Waals surface area contributed by atoms with Gasteiger partial charge >= 0.3 is 22.0 Å². The fourth-order valence-corrected chi connectivity index (χ4v) is 5.14. The van der Waals surface area contributed by atoms with Crippen molar-refractivity contribution in [3.63, 3.8) is 0 Å². The van der Waals surface area contributed by atoms with Crippen molar-refractivity contribution in [1.29, 1.82) is 0 Å². The minimum absolute atomic E-state index is 0. The lowest BCUT2D eigenvalue weighted by Gasteiger charge is -2.56. The molecule has 0 unspecified atom stereocenters. The van der Waals surface area contributed by atoms with Gasteiger partial charge < -0.3 is 14.7 Å². The number of nitrogens with two attached hydrogens (primary N) is 1. The zero-order valence-corrected chi connectivity index (χ0v) is 16.4. The summed E-state index contributed by atoms with van der Waals surface area (Å²) >= 11 is 0. The average molecular weight is 397 g/mol. The third kappa shape index (κ3) is 6.04. The maximum absolute atomic E-state index is 12.1. The molecule has 4 bridgehead atoms. The number of halogens is 2. The normalized spacial score (nSPS) is 32.8. The van der Waals surface area contributed by atoms with Crippen LogP contribution in [-0.4, -0.2) is 32.5 Å². The average Bonchev–Trinajstić information content (AvgIpc) is 2.41. The molecule has 0 atom stereocenters. The molecule has 4 rings (SSSR count). The highest BCUT2D eigenvalue weighted by Crippen LogP contribution is 2.60. The number of alkyl halides is 2. The van der Waals surface area contributed by atoms with Crippen molar-refractivity contribution >= 4 is 16.3 Å². The summed E-state index contributed by atoms with van der Waals surface area (Å²) in [6, 6.07) is 0. The Balaban J connectivity index is 0.000000431. The van der Waals surface area contributed by atoms with E-state index in [1.165, 1.54) is 19.3 Å². The van der Waals surface area contributed by atoms with E-state index in [4.69, 9.17) is 10.5 Å². The van der Waals surface area contributed by atoms with E-state index in [0.717, 1.165) is 19.3 Å². The summed E-state index contributed by atoms with van der Waals surface area (Å²) in [5.74, 6) is -1.79. The summed E-state index contributed by atoms with van der Waals surface area (Å²) in [5.41, 5.74) is 5.25. The Morgan fingerprint density at radius 1 is 1.12 bits per heavy atom. The minimum Gasteiger partial charge on any atom is -0.433 e. The van der Waals surface area contributed by atoms with Crippen molar-refractivity contribution in [2.45, 2.75) is 70.6 Å². The van der Waals surface area contributed by atoms with Crippen LogP contribution in [0.25, 0.3) is 0 Å². The molecule has 0 aromatic rings. The highest BCUT2D eigenvalue weighted by Gasteiger charge is 2.51. The first-order valence-corrected chi connectivity index (χ1v) is 10.4. The van der Waals surface area contributed by atoms with Crippen LogP contribution in [0.3, 0.4) is 0 Å². The predicted octanol–water partition coefficient (Wildman–Crippen LogP) is 3.65. The number of carbonyl (C=O) groups is 1. The molecule has 2 N–H and O–H groups in total. The summed E-state index contributed by atoms with van der Waals surface area (Å²) in [6.07, 6.45) is 5.03. The first kappa shape index (κ1) is 21.3. The van der Waals surface area contributed by atoms with E-state index in [-0.39, 0.29) is 17.6 Å².